The summed E-state index contributed by atoms with van der Waals surface area (Å²) in [6.07, 6.45) is -0.443. The summed E-state index contributed by atoms with van der Waals surface area (Å²) in [5.74, 6) is -4.55. The van der Waals surface area contributed by atoms with Gasteiger partial charge in [-0.3, -0.25) is 8.98 Å². The number of halogens is 4. The van der Waals surface area contributed by atoms with Gasteiger partial charge in [0.25, 0.3) is 20.2 Å². The molecule has 0 fully saturated rings. The van der Waals surface area contributed by atoms with Crippen LogP contribution in [0, 0.1) is 19.3 Å². The summed E-state index contributed by atoms with van der Waals surface area (Å²) in [5, 5.41) is 9.24. The highest BCUT2D eigenvalue weighted by molar-refractivity contribution is 9.10. The van der Waals surface area contributed by atoms with Crippen molar-refractivity contribution in [3.05, 3.63) is 168 Å². The molecule has 0 saturated carbocycles. The number of benzene rings is 3. The van der Waals surface area contributed by atoms with Crippen LogP contribution in [0.5, 0.6) is 0 Å². The number of alkyl halides is 4. The molecular formula is C87H131Br4NO31S2. The lowest BCUT2D eigenvalue weighted by molar-refractivity contribution is -0.327. The Morgan fingerprint density at radius 3 is 1.29 bits per heavy atom. The molecule has 710 valence electrons. The first kappa shape index (κ1) is 124. The predicted octanol–water partition coefficient (Wildman–Crippen LogP) is 16.4. The number of carbonyl (C=O) groups excluding carboxylic acids is 9. The molecule has 0 aromatic heterocycles. The average Bonchev–Trinajstić information content (AvgIpc) is 0.815. The summed E-state index contributed by atoms with van der Waals surface area (Å²) in [7, 11) is -8.21. The van der Waals surface area contributed by atoms with Crippen LogP contribution < -0.4 is 5.48 Å². The molecule has 125 heavy (non-hydrogen) atoms. The second kappa shape index (κ2) is 63.8. The highest BCUT2D eigenvalue weighted by atomic mass is 79.9. The molecule has 3 atom stereocenters. The zero-order valence-corrected chi connectivity index (χ0v) is 84.1. The second-order valence-electron chi connectivity index (χ2n) is 31.2. The normalized spacial score (nSPS) is 12.1. The van der Waals surface area contributed by atoms with Gasteiger partial charge < -0.3 is 52.6 Å². The summed E-state index contributed by atoms with van der Waals surface area (Å²) in [4.78, 5) is 129. The maximum absolute atomic E-state index is 12.2. The number of aryl methyl sites for hydroxylation is 2. The molecule has 0 aliphatic heterocycles. The molecular weight excluding hydrogens is 1940 g/mol. The van der Waals surface area contributed by atoms with Crippen molar-refractivity contribution in [1.82, 2.24) is 5.48 Å². The predicted molar refractivity (Wildman–Crippen MR) is 485 cm³/mol. The van der Waals surface area contributed by atoms with Crippen LogP contribution in [0.4, 0.5) is 0 Å². The summed E-state index contributed by atoms with van der Waals surface area (Å²) < 4.78 is 102. The third kappa shape index (κ3) is 66.9. The first-order valence-electron chi connectivity index (χ1n) is 38.6. The smallest absolute Gasteiger partial charge is 0.339 e. The largest absolute Gasteiger partial charge is 0.466 e. The molecule has 3 unspecified atom stereocenters. The van der Waals surface area contributed by atoms with Gasteiger partial charge in [-0.05, 0) is 180 Å². The molecule has 0 aliphatic rings. The van der Waals surface area contributed by atoms with E-state index in [2.05, 4.69) is 109 Å². The van der Waals surface area contributed by atoms with Crippen LogP contribution in [0.25, 0.3) is 0 Å². The Bertz CT molecular complexity index is 4090. The van der Waals surface area contributed by atoms with E-state index in [0.717, 1.165) is 27.8 Å². The fourth-order valence-electron chi connectivity index (χ4n) is 7.34. The molecule has 38 heteroatoms. The van der Waals surface area contributed by atoms with E-state index in [1.54, 1.807) is 52.0 Å². The molecule has 3 aromatic rings. The van der Waals surface area contributed by atoms with E-state index in [9.17, 15) is 60.4 Å². The van der Waals surface area contributed by atoms with E-state index in [0.29, 0.717) is 69.2 Å². The van der Waals surface area contributed by atoms with Crippen molar-refractivity contribution in [1.29, 1.82) is 0 Å². The van der Waals surface area contributed by atoms with Crippen LogP contribution in [0.1, 0.15) is 186 Å². The lowest BCUT2D eigenvalue weighted by Gasteiger charge is -2.24. The van der Waals surface area contributed by atoms with Crippen molar-refractivity contribution in [3.8, 4) is 0 Å². The van der Waals surface area contributed by atoms with Crippen molar-refractivity contribution in [2.45, 2.75) is 229 Å². The Hall–Kier alpha value is -7.09. The minimum Gasteiger partial charge on any atom is -0.466 e. The maximum atomic E-state index is 12.2. The van der Waals surface area contributed by atoms with Crippen molar-refractivity contribution in [2.24, 2.45) is 5.41 Å². The van der Waals surface area contributed by atoms with E-state index in [1.165, 1.54) is 58.9 Å². The van der Waals surface area contributed by atoms with Crippen LogP contribution >= 0.6 is 63.7 Å². The Morgan fingerprint density at radius 2 is 0.848 bits per heavy atom. The maximum Gasteiger partial charge on any atom is 0.339 e. The number of hydrogen-bond donors (Lipinski definition) is 2. The molecule has 32 nitrogen and oxygen atoms in total. The van der Waals surface area contributed by atoms with Gasteiger partial charge >= 0.3 is 47.8 Å². The molecule has 0 aliphatic carbocycles. The van der Waals surface area contributed by atoms with Crippen molar-refractivity contribution < 1.29 is 146 Å². The average molecular weight is 2070 g/mol. The molecule has 3 rings (SSSR count). The van der Waals surface area contributed by atoms with E-state index in [1.807, 2.05) is 121 Å². The highest BCUT2D eigenvalue weighted by Gasteiger charge is 2.37. The molecule has 0 spiro atoms. The van der Waals surface area contributed by atoms with Crippen molar-refractivity contribution in [3.63, 3.8) is 0 Å². The van der Waals surface area contributed by atoms with Crippen LogP contribution in [0.2, 0.25) is 0 Å². The van der Waals surface area contributed by atoms with E-state index in [-0.39, 0.29) is 127 Å². The lowest BCUT2D eigenvalue weighted by Crippen LogP contribution is -2.39. The van der Waals surface area contributed by atoms with Gasteiger partial charge in [-0.15, -0.1) is 0 Å². The molecule has 0 bridgehead atoms. The number of nitrogens with one attached hydrogen (secondary N) is 1. The summed E-state index contributed by atoms with van der Waals surface area (Å²) in [6.45, 7) is 64.1. The minimum atomic E-state index is -4.13. The van der Waals surface area contributed by atoms with E-state index >= 15 is 0 Å². The van der Waals surface area contributed by atoms with Crippen LogP contribution in [-0.4, -0.2) is 198 Å². The lowest BCUT2D eigenvalue weighted by atomic mass is 9.96. The number of esters is 8. The Labute approximate surface area is 772 Å². The quantitative estimate of drug-likeness (QED) is 0.00610. The first-order chi connectivity index (χ1) is 57.4. The summed E-state index contributed by atoms with van der Waals surface area (Å²) in [5.41, 5.74) is 6.44. The summed E-state index contributed by atoms with van der Waals surface area (Å²) in [6, 6.07) is 19.6. The van der Waals surface area contributed by atoms with E-state index < -0.39 is 67.8 Å². The molecule has 2 N–H and O–H groups in total. The SMILES string of the molecule is C=C(C)C(=O)OCC(C)(C)COOCC(C)(C)Br.C=C(C)C(=O)OCC(C)OOCC(C)(C)Br.C=C(C)C(=O)OCCCC(=O)OCCCOOCC(C)(C)Br.C=C(C)C(=O)OCCOC(=O)C(C)(C)OS(=O)(=O)c1ccc(C)cc1.C=C(C)C(=O)OCCOC(=O)C(C)OS(=O)(=O)c1ccc(C)cc1.C=C(C)C(NO)c1ccccc1COC(C)(C)Br.C=O. The molecule has 0 amide bonds. The van der Waals surface area contributed by atoms with Gasteiger partial charge in [-0.25, -0.2) is 67.1 Å². The third-order valence-electron chi connectivity index (χ3n) is 13.9. The monoisotopic (exact) mass is 2070 g/mol. The summed E-state index contributed by atoms with van der Waals surface area (Å²) >= 11 is 13.7. The minimum absolute atomic E-state index is 0.0526. The highest BCUT2D eigenvalue weighted by Crippen LogP contribution is 2.28. The van der Waals surface area contributed by atoms with E-state index in [4.69, 9.17) is 85.1 Å². The van der Waals surface area contributed by atoms with Crippen LogP contribution in [0.15, 0.2) is 155 Å². The fraction of sp³-hybridized carbons (Fsp3) is 0.552. The van der Waals surface area contributed by atoms with Gasteiger partial charge in [0, 0.05) is 59.1 Å². The molecule has 3 aromatic carbocycles. The van der Waals surface area contributed by atoms with Crippen molar-refractivity contribution in [2.75, 3.05) is 85.9 Å². The standard InChI is InChI=1S/C17H22O7S.C16H20O7S.C15H25BrO6.C14H20BrNO2.C13H23BrO4.C11H19BrO4.CH2O/c1-12(2)15(18)22-10-11-23-16(19)17(4,5)24-25(20,21)14-8-6-13(3)7-9-14;1-11(2)15(17)21-9-10-22-16(18)13(4)23-24(19,20)14-7-5-12(3)6-8-14;1-12(2)14(18)20-8-5-7-13(17)19-9-6-10-21-22-11-15(3,4)16;1-10(2)13(16-17)12-8-6-5-7-11(12)9-18-14(3,4)15;1-10(2)11(15)16-7-12(3,4)8-17-18-9-13(5,6)14;1-8(2)10(13)14-6-9(3)16-15-7-11(4,5)12;1-2/h6-9H,1,10-11H2,2-5H3;5-8,13H,1,9-10H2,2-4H3;1,5-11H2,2-4H3;5-8,13,16-17H,1,9H2,2-4H3;1,7-9H2,2-6H3;9H,1,6-7H2,2-5H3;1H2. The molecule has 0 radical (unpaired) electrons. The van der Waals surface area contributed by atoms with Gasteiger partial charge in [0.15, 0.2) is 11.7 Å². The van der Waals surface area contributed by atoms with Gasteiger partial charge in [-0.2, -0.15) is 22.3 Å². The number of ether oxygens (including phenoxy) is 9. The Balaban J connectivity index is -0.000000704. The fourth-order valence-corrected chi connectivity index (χ4v) is 9.96. The number of carbonyl (C=O) groups is 9. The Kier molecular flexibility index (Phi) is 63.4. The van der Waals surface area contributed by atoms with Crippen molar-refractivity contribution >= 4 is 138 Å². The second-order valence-corrected chi connectivity index (χ2v) is 42.7. The number of hydrogen-bond acceptors (Lipinski definition) is 32. The van der Waals surface area contributed by atoms with Gasteiger partial charge in [0.2, 0.25) is 0 Å². The third-order valence-corrected chi connectivity index (χ3v) is 17.7. The zero-order chi connectivity index (χ0) is 97.5. The van der Waals surface area contributed by atoms with Gasteiger partial charge in [0.05, 0.1) is 75.3 Å². The van der Waals surface area contributed by atoms with Crippen LogP contribution in [0.3, 0.4) is 0 Å². The number of hydroxylamine groups is 1. The zero-order valence-electron chi connectivity index (χ0n) is 76.2. The Morgan fingerprint density at radius 1 is 0.456 bits per heavy atom. The van der Waals surface area contributed by atoms with Gasteiger partial charge in [0.1, 0.15) is 50.4 Å². The molecule has 0 saturated heterocycles. The van der Waals surface area contributed by atoms with Crippen LogP contribution in [-0.2, 0) is 150 Å². The first-order valence-corrected chi connectivity index (χ1v) is 44.6. The molecule has 0 heterocycles. The topological polar surface area (TPSA) is 411 Å². The van der Waals surface area contributed by atoms with Gasteiger partial charge in [-0.1, -0.05) is 182 Å². The number of rotatable bonds is 49.